The average Bonchev–Trinajstić information content (AvgIpc) is 2.81. The first kappa shape index (κ1) is 14.6. The molecular formula is C14H16N4O3. The van der Waals surface area contributed by atoms with Gasteiger partial charge in [-0.25, -0.2) is 4.57 Å². The van der Waals surface area contributed by atoms with E-state index in [0.29, 0.717) is 5.69 Å². The van der Waals surface area contributed by atoms with Crippen molar-refractivity contribution in [3.63, 3.8) is 0 Å². The molecule has 7 heteroatoms. The van der Waals surface area contributed by atoms with Crippen LogP contribution in [-0.4, -0.2) is 15.4 Å². The smallest absolute Gasteiger partial charge is 0.323 e. The van der Waals surface area contributed by atoms with Gasteiger partial charge in [-0.1, -0.05) is 12.1 Å². The van der Waals surface area contributed by atoms with Crippen LogP contribution in [0.15, 0.2) is 36.4 Å². The van der Waals surface area contributed by atoms with Crippen molar-refractivity contribution in [2.75, 3.05) is 5.73 Å². The van der Waals surface area contributed by atoms with Crippen LogP contribution in [0.25, 0.3) is 0 Å². The molecule has 7 nitrogen and oxygen atoms in total. The zero-order chi connectivity index (χ0) is 15.6. The van der Waals surface area contributed by atoms with Crippen LogP contribution >= 0.6 is 0 Å². The third kappa shape index (κ3) is 3.02. The lowest BCUT2D eigenvalue weighted by atomic mass is 10.1. The molecule has 0 fully saturated rings. The van der Waals surface area contributed by atoms with E-state index >= 15 is 0 Å². The molecule has 2 aromatic rings. The first-order valence-corrected chi connectivity index (χ1v) is 6.36. The molecule has 1 unspecified atom stereocenters. The van der Waals surface area contributed by atoms with Crippen LogP contribution in [0.4, 0.5) is 11.5 Å². The fraction of sp³-hybridized carbons (Fsp3) is 0.214. The van der Waals surface area contributed by atoms with Gasteiger partial charge in [0, 0.05) is 11.8 Å². The zero-order valence-corrected chi connectivity index (χ0v) is 11.7. The summed E-state index contributed by atoms with van der Waals surface area (Å²) in [4.78, 5) is 22.4. The number of amides is 1. The Morgan fingerprint density at radius 1 is 1.29 bits per heavy atom. The maximum absolute atomic E-state index is 12.2. The number of benzene rings is 1. The standard InChI is InChI=1S/C14H16N4O3/c1-9(10-3-5-11(15)6-4-10)16-14(19)12-7-8-13(17(12)2)18(20)21/h3-9H,15H2,1-2H3,(H,16,19). The number of nitrogens with two attached hydrogens (primary N) is 1. The normalized spacial score (nSPS) is 11.9. The van der Waals surface area contributed by atoms with E-state index in [1.54, 1.807) is 12.1 Å². The third-order valence-corrected chi connectivity index (χ3v) is 3.30. The Morgan fingerprint density at radius 2 is 1.90 bits per heavy atom. The lowest BCUT2D eigenvalue weighted by molar-refractivity contribution is -0.391. The summed E-state index contributed by atoms with van der Waals surface area (Å²) in [6, 6.07) is 9.68. The molecule has 0 spiro atoms. The molecule has 1 aromatic heterocycles. The highest BCUT2D eigenvalue weighted by Crippen LogP contribution is 2.18. The molecule has 1 atom stereocenters. The van der Waals surface area contributed by atoms with Crippen molar-refractivity contribution >= 4 is 17.4 Å². The van der Waals surface area contributed by atoms with Gasteiger partial charge in [0.2, 0.25) is 0 Å². The minimum Gasteiger partial charge on any atom is -0.399 e. The van der Waals surface area contributed by atoms with Crippen LogP contribution in [0.3, 0.4) is 0 Å². The van der Waals surface area contributed by atoms with Gasteiger partial charge < -0.3 is 21.2 Å². The molecule has 1 amide bonds. The Hall–Kier alpha value is -2.83. The van der Waals surface area contributed by atoms with Gasteiger partial charge >= 0.3 is 5.82 Å². The number of nitrogen functional groups attached to an aromatic ring is 1. The third-order valence-electron chi connectivity index (χ3n) is 3.30. The summed E-state index contributed by atoms with van der Waals surface area (Å²) < 4.78 is 1.25. The summed E-state index contributed by atoms with van der Waals surface area (Å²) in [6.07, 6.45) is 0. The maximum Gasteiger partial charge on any atom is 0.323 e. The number of nitro groups is 1. The highest BCUT2D eigenvalue weighted by atomic mass is 16.6. The van der Waals surface area contributed by atoms with E-state index in [-0.39, 0.29) is 23.5 Å². The number of rotatable bonds is 4. The Balaban J connectivity index is 2.14. The molecule has 0 aliphatic heterocycles. The van der Waals surface area contributed by atoms with Crippen molar-refractivity contribution in [2.24, 2.45) is 7.05 Å². The van der Waals surface area contributed by atoms with Crippen LogP contribution in [0.1, 0.15) is 29.0 Å². The van der Waals surface area contributed by atoms with E-state index in [2.05, 4.69) is 5.32 Å². The Bertz CT molecular complexity index is 676. The minimum absolute atomic E-state index is 0.125. The highest BCUT2D eigenvalue weighted by Gasteiger charge is 2.21. The maximum atomic E-state index is 12.2. The van der Waals surface area contributed by atoms with E-state index in [1.165, 1.54) is 23.7 Å². The molecule has 1 aromatic carbocycles. The second-order valence-corrected chi connectivity index (χ2v) is 4.75. The quantitative estimate of drug-likeness (QED) is 0.510. The van der Waals surface area contributed by atoms with Crippen LogP contribution < -0.4 is 11.1 Å². The van der Waals surface area contributed by atoms with Crippen LogP contribution in [-0.2, 0) is 7.05 Å². The van der Waals surface area contributed by atoms with Gasteiger partial charge in [0.1, 0.15) is 0 Å². The summed E-state index contributed by atoms with van der Waals surface area (Å²) in [5.41, 5.74) is 7.41. The highest BCUT2D eigenvalue weighted by molar-refractivity contribution is 5.93. The molecule has 21 heavy (non-hydrogen) atoms. The number of nitrogens with one attached hydrogen (secondary N) is 1. The molecule has 1 heterocycles. The van der Waals surface area contributed by atoms with Crippen LogP contribution in [0, 0.1) is 10.1 Å². The minimum atomic E-state index is -0.528. The second kappa shape index (κ2) is 5.66. The van der Waals surface area contributed by atoms with Gasteiger partial charge in [-0.2, -0.15) is 0 Å². The summed E-state index contributed by atoms with van der Waals surface area (Å²) in [5, 5.41) is 13.6. The molecule has 3 N–H and O–H groups in total. The van der Waals surface area contributed by atoms with Crippen molar-refractivity contribution in [2.45, 2.75) is 13.0 Å². The predicted octanol–water partition coefficient (Wildman–Crippen LogP) is 2.01. The van der Waals surface area contributed by atoms with Crippen molar-refractivity contribution in [1.29, 1.82) is 0 Å². The number of nitrogens with zero attached hydrogens (tertiary/aromatic N) is 2. The van der Waals surface area contributed by atoms with Gasteiger partial charge in [-0.15, -0.1) is 0 Å². The number of hydrogen-bond donors (Lipinski definition) is 2. The largest absolute Gasteiger partial charge is 0.399 e. The molecule has 110 valence electrons. The molecule has 0 aliphatic rings. The fourth-order valence-electron chi connectivity index (χ4n) is 2.05. The Kier molecular flexibility index (Phi) is 3.93. The number of carbonyl (C=O) groups is 1. The van der Waals surface area contributed by atoms with E-state index in [0.717, 1.165) is 5.56 Å². The monoisotopic (exact) mass is 288 g/mol. The Labute approximate surface area is 121 Å². The van der Waals surface area contributed by atoms with Gasteiger partial charge in [0.05, 0.1) is 13.1 Å². The molecule has 0 saturated carbocycles. The van der Waals surface area contributed by atoms with E-state index < -0.39 is 4.92 Å². The average molecular weight is 288 g/mol. The molecule has 2 rings (SSSR count). The number of carbonyl (C=O) groups excluding carboxylic acids is 1. The van der Waals surface area contributed by atoms with Gasteiger partial charge in [-0.3, -0.25) is 4.79 Å². The molecule has 0 aliphatic carbocycles. The lowest BCUT2D eigenvalue weighted by Crippen LogP contribution is -2.28. The molecule has 0 radical (unpaired) electrons. The van der Waals surface area contributed by atoms with E-state index in [9.17, 15) is 14.9 Å². The molecule has 0 saturated heterocycles. The molecular weight excluding hydrogens is 272 g/mol. The van der Waals surface area contributed by atoms with E-state index in [4.69, 9.17) is 5.73 Å². The first-order chi connectivity index (χ1) is 9.90. The predicted molar refractivity (Wildman–Crippen MR) is 78.8 cm³/mol. The first-order valence-electron chi connectivity index (χ1n) is 6.36. The van der Waals surface area contributed by atoms with Gasteiger partial charge in [0.15, 0.2) is 5.69 Å². The fourth-order valence-corrected chi connectivity index (χ4v) is 2.05. The topological polar surface area (TPSA) is 103 Å². The lowest BCUT2D eigenvalue weighted by Gasteiger charge is -2.13. The van der Waals surface area contributed by atoms with Crippen LogP contribution in [0.2, 0.25) is 0 Å². The van der Waals surface area contributed by atoms with Crippen molar-refractivity contribution in [3.8, 4) is 0 Å². The molecule has 0 bridgehead atoms. The summed E-state index contributed by atoms with van der Waals surface area (Å²) in [5.74, 6) is -0.491. The van der Waals surface area contributed by atoms with Crippen molar-refractivity contribution < 1.29 is 9.72 Å². The summed E-state index contributed by atoms with van der Waals surface area (Å²) in [7, 11) is 1.49. The summed E-state index contributed by atoms with van der Waals surface area (Å²) in [6.45, 7) is 1.83. The number of hydrogen-bond acceptors (Lipinski definition) is 4. The van der Waals surface area contributed by atoms with Crippen molar-refractivity contribution in [3.05, 3.63) is 57.8 Å². The summed E-state index contributed by atoms with van der Waals surface area (Å²) >= 11 is 0. The number of anilines is 1. The van der Waals surface area contributed by atoms with Gasteiger partial charge in [0.25, 0.3) is 5.91 Å². The number of aromatic nitrogens is 1. The Morgan fingerprint density at radius 3 is 2.43 bits per heavy atom. The van der Waals surface area contributed by atoms with Crippen LogP contribution in [0.5, 0.6) is 0 Å². The second-order valence-electron chi connectivity index (χ2n) is 4.75. The van der Waals surface area contributed by atoms with E-state index in [1.807, 2.05) is 19.1 Å². The SMILES string of the molecule is CC(NC(=O)c1ccc([N+](=O)[O-])n1C)c1ccc(N)cc1. The van der Waals surface area contributed by atoms with Gasteiger partial charge in [-0.05, 0) is 35.6 Å². The van der Waals surface area contributed by atoms with Crippen molar-refractivity contribution in [1.82, 2.24) is 9.88 Å². The zero-order valence-electron chi connectivity index (χ0n) is 11.7.